The lowest BCUT2D eigenvalue weighted by atomic mass is 9.91. The Bertz CT molecular complexity index is 3070. The Kier molecular flexibility index (Phi) is 10.6. The van der Waals surface area contributed by atoms with Crippen LogP contribution in [0.4, 0.5) is 10.1 Å². The number of ether oxygens (including phenoxy) is 1. The number of fused-ring (bicyclic) bond motifs is 2. The van der Waals surface area contributed by atoms with E-state index in [1.54, 1.807) is 61.3 Å². The number of imidazole rings is 1. The number of nitrogens with one attached hydrogen (secondary N) is 2. The number of anilines is 1. The molecule has 15 nitrogen and oxygen atoms in total. The largest absolute Gasteiger partial charge is 0.387 e. The molecule has 1 aliphatic carbocycles. The molecular weight excluding hydrogens is 861 g/mol. The number of hydrogen-bond donors (Lipinski definition) is 3. The number of hydrogen-bond acceptors (Lipinski definition) is 10. The van der Waals surface area contributed by atoms with Gasteiger partial charge in [0.05, 0.1) is 23.1 Å². The number of hydroxylamine groups is 1. The molecule has 346 valence electrons. The molecule has 3 aromatic carbocycles. The molecule has 3 aliphatic heterocycles. The van der Waals surface area contributed by atoms with Crippen molar-refractivity contribution >= 4 is 40.8 Å². The first-order chi connectivity index (χ1) is 31.4. The number of aliphatic hydroxyl groups is 1. The summed E-state index contributed by atoms with van der Waals surface area (Å²) in [5.74, 6) is 0.734. The van der Waals surface area contributed by atoms with Crippen molar-refractivity contribution in [2.45, 2.75) is 103 Å². The normalized spacial score (nSPS) is 20.5. The van der Waals surface area contributed by atoms with E-state index in [0.29, 0.717) is 101 Å². The molecule has 3 atom stereocenters. The molecule has 3 aromatic heterocycles. The lowest BCUT2D eigenvalue weighted by molar-refractivity contribution is -0.103. The van der Waals surface area contributed by atoms with Crippen LogP contribution in [0.5, 0.6) is 0 Å². The number of aryl methyl sites for hydroxylation is 2. The third kappa shape index (κ3) is 6.98. The number of aromatic nitrogens is 5. The van der Waals surface area contributed by atoms with Crippen LogP contribution in [0, 0.1) is 19.7 Å². The van der Waals surface area contributed by atoms with Crippen LogP contribution in [0.25, 0.3) is 28.1 Å². The van der Waals surface area contributed by atoms with Gasteiger partial charge in [-0.2, -0.15) is 5.10 Å². The quantitative estimate of drug-likeness (QED) is 0.126. The van der Waals surface area contributed by atoms with E-state index >= 15 is 9.18 Å². The van der Waals surface area contributed by atoms with E-state index in [9.17, 15) is 14.5 Å². The number of carbonyl (C=O) groups is 1. The summed E-state index contributed by atoms with van der Waals surface area (Å²) in [5, 5.41) is 19.8. The van der Waals surface area contributed by atoms with Gasteiger partial charge in [0.1, 0.15) is 30.0 Å². The molecule has 6 heterocycles. The average molecular weight is 918 g/mol. The van der Waals surface area contributed by atoms with Gasteiger partial charge in [0.15, 0.2) is 5.84 Å². The third-order valence-electron chi connectivity index (χ3n) is 14.5. The molecule has 2 fully saturated rings. The average Bonchev–Trinajstić information content (AvgIpc) is 3.58. The molecule has 1 saturated carbocycles. The molecule has 1 amide bonds. The zero-order chi connectivity index (χ0) is 46.6. The van der Waals surface area contributed by atoms with E-state index in [2.05, 4.69) is 38.6 Å². The van der Waals surface area contributed by atoms with Gasteiger partial charge in [-0.25, -0.2) is 29.2 Å². The van der Waals surface area contributed by atoms with Crippen molar-refractivity contribution in [2.24, 2.45) is 4.99 Å². The second kappa shape index (κ2) is 15.9. The van der Waals surface area contributed by atoms with E-state index < -0.39 is 30.3 Å². The minimum atomic E-state index is -2.84. The maximum absolute atomic E-state index is 15.5. The Morgan fingerprint density at radius 3 is 2.36 bits per heavy atom. The molecule has 0 bridgehead atoms. The second-order valence-electron chi connectivity index (χ2n) is 19.4. The zero-order valence-corrected chi connectivity index (χ0v) is 39.6. The number of aliphatic hydroxyl groups excluding tert-OH is 1. The minimum Gasteiger partial charge on any atom is -0.387 e. The molecule has 66 heavy (non-hydrogen) atoms. The van der Waals surface area contributed by atoms with Crippen LogP contribution in [-0.4, -0.2) is 90.3 Å². The first-order valence-electron chi connectivity index (χ1n) is 22.8. The SMILES string of the molecule is CNc1cc(-n2ccn(-c3c4c(nn3-c3cc(C)c(F)c(C)c3)CCN(C(=O)c3cc5cc(C6CCOCC6)ccc5n3C3(C5=NC(O)ON5)CC3)[C@H]4C)c2=O)ccc1P(C)(=O)C(C)(C)C. The third-order valence-corrected chi connectivity index (χ3v) is 18.3. The second-order valence-corrected chi connectivity index (χ2v) is 23.1. The summed E-state index contributed by atoms with van der Waals surface area (Å²) < 4.78 is 41.8. The van der Waals surface area contributed by atoms with Crippen LogP contribution >= 0.6 is 7.14 Å². The standard InChI is InChI=1S/C49H57FN9O6P/c1-28-23-35(24-29(2)42(28)50)59-43(57-20-19-56(47(57)62)34-10-12-40(37(27-34)51-7)66(8,63)48(4,5)6)41-30(3)55(18-13-36(41)53-59)44(60)39-26-33-25-32(31-14-21-64-22-15-31)9-11-38(33)58(39)49(16-17-49)45-52-46(61)65-54-45/h9-12,19-20,23-27,30-31,46,51,61H,13-18,21-22H2,1-8H3,(H,52,54)/t30-,46?,66?/m0/s1. The molecule has 17 heteroatoms. The van der Waals surface area contributed by atoms with E-state index in [-0.39, 0.29) is 17.4 Å². The van der Waals surface area contributed by atoms with Crippen LogP contribution in [0.3, 0.4) is 0 Å². The molecule has 3 N–H and O–H groups in total. The smallest absolute Gasteiger partial charge is 0.338 e. The Morgan fingerprint density at radius 2 is 1.71 bits per heavy atom. The summed E-state index contributed by atoms with van der Waals surface area (Å²) in [6.45, 7) is 14.8. The zero-order valence-electron chi connectivity index (χ0n) is 38.7. The number of carbonyl (C=O) groups excluding carboxylic acids is 1. The van der Waals surface area contributed by atoms with Crippen molar-refractivity contribution in [1.29, 1.82) is 0 Å². The summed E-state index contributed by atoms with van der Waals surface area (Å²) in [7, 11) is -1.06. The summed E-state index contributed by atoms with van der Waals surface area (Å²) in [6, 6.07) is 16.7. The highest BCUT2D eigenvalue weighted by atomic mass is 31.2. The number of benzene rings is 3. The highest BCUT2D eigenvalue weighted by molar-refractivity contribution is 7.72. The van der Waals surface area contributed by atoms with Gasteiger partial charge < -0.3 is 29.2 Å². The van der Waals surface area contributed by atoms with Gasteiger partial charge in [0.2, 0.25) is 0 Å². The monoisotopic (exact) mass is 917 g/mol. The van der Waals surface area contributed by atoms with Gasteiger partial charge in [0.25, 0.3) is 12.3 Å². The maximum atomic E-state index is 15.5. The van der Waals surface area contributed by atoms with Crippen LogP contribution in [0.15, 0.2) is 76.8 Å². The lowest BCUT2D eigenvalue weighted by Crippen LogP contribution is -2.42. The highest BCUT2D eigenvalue weighted by Crippen LogP contribution is 2.55. The Balaban J connectivity index is 1.10. The number of halogens is 1. The van der Waals surface area contributed by atoms with E-state index in [1.165, 1.54) is 10.1 Å². The number of amides is 1. The van der Waals surface area contributed by atoms with Crippen molar-refractivity contribution in [1.82, 2.24) is 33.9 Å². The van der Waals surface area contributed by atoms with Crippen molar-refractivity contribution in [3.8, 4) is 17.2 Å². The topological polar surface area (TPSA) is 162 Å². The van der Waals surface area contributed by atoms with Crippen LogP contribution in [0.1, 0.15) is 104 Å². The fraction of sp³-hybridized carbons (Fsp3) is 0.429. The Morgan fingerprint density at radius 1 is 1.00 bits per heavy atom. The molecule has 1 saturated heterocycles. The molecule has 0 radical (unpaired) electrons. The lowest BCUT2D eigenvalue weighted by Gasteiger charge is -2.34. The molecule has 0 spiro atoms. The predicted molar refractivity (Wildman–Crippen MR) is 253 cm³/mol. The molecule has 4 aliphatic rings. The van der Waals surface area contributed by atoms with Gasteiger partial charge in [-0.3, -0.25) is 13.9 Å². The number of aliphatic imine (C=N–C) groups is 1. The summed E-state index contributed by atoms with van der Waals surface area (Å²) >= 11 is 0. The molecular formula is C49H57FN9O6P. The fourth-order valence-corrected chi connectivity index (χ4v) is 11.9. The highest BCUT2D eigenvalue weighted by Gasteiger charge is 2.54. The Hall–Kier alpha value is -5.80. The predicted octanol–water partition coefficient (Wildman–Crippen LogP) is 7.33. The number of amidine groups is 1. The van der Waals surface area contributed by atoms with Crippen LogP contribution < -0.4 is 21.8 Å². The summed E-state index contributed by atoms with van der Waals surface area (Å²) in [4.78, 5) is 41.8. The number of rotatable bonds is 9. The van der Waals surface area contributed by atoms with Gasteiger partial charge in [-0.15, -0.1) is 0 Å². The summed E-state index contributed by atoms with van der Waals surface area (Å²) in [6.07, 6.45) is 5.63. The van der Waals surface area contributed by atoms with E-state index in [4.69, 9.17) is 14.7 Å². The maximum Gasteiger partial charge on any atom is 0.338 e. The van der Waals surface area contributed by atoms with Gasteiger partial charge >= 0.3 is 5.69 Å². The first-order valence-corrected chi connectivity index (χ1v) is 24.9. The van der Waals surface area contributed by atoms with E-state index in [1.807, 2.05) is 56.9 Å². The van der Waals surface area contributed by atoms with Crippen LogP contribution in [0.2, 0.25) is 0 Å². The van der Waals surface area contributed by atoms with Gasteiger partial charge in [0, 0.05) is 78.2 Å². The fourth-order valence-electron chi connectivity index (χ4n) is 10.2. The molecule has 2 unspecified atom stereocenters. The van der Waals surface area contributed by atoms with Crippen molar-refractivity contribution in [3.63, 3.8) is 0 Å². The summed E-state index contributed by atoms with van der Waals surface area (Å²) in [5.41, 5.74) is 8.37. The minimum absolute atomic E-state index is 0.205. The van der Waals surface area contributed by atoms with Crippen molar-refractivity contribution in [2.75, 3.05) is 38.8 Å². The Labute approximate surface area is 382 Å². The first kappa shape index (κ1) is 44.1. The molecule has 6 aromatic rings. The van der Waals surface area contributed by atoms with Crippen molar-refractivity contribution < 1.29 is 28.4 Å². The van der Waals surface area contributed by atoms with E-state index in [0.717, 1.165) is 29.4 Å². The van der Waals surface area contributed by atoms with Crippen molar-refractivity contribution in [3.05, 3.63) is 117 Å². The van der Waals surface area contributed by atoms with Gasteiger partial charge in [-0.05, 0) is 124 Å². The van der Waals surface area contributed by atoms with Gasteiger partial charge in [-0.1, -0.05) is 26.8 Å². The molecule has 10 rings (SSSR count). The van der Waals surface area contributed by atoms with Crippen LogP contribution in [-0.2, 0) is 26.1 Å². The number of nitrogens with zero attached hydrogens (tertiary/aromatic N) is 7.